The van der Waals surface area contributed by atoms with Crippen molar-refractivity contribution in [3.05, 3.63) is 46.4 Å². The Labute approximate surface area is 141 Å². The minimum Gasteiger partial charge on any atom is -0.487 e. The summed E-state index contributed by atoms with van der Waals surface area (Å²) < 4.78 is 5.76. The molecule has 2 heterocycles. The highest BCUT2D eigenvalue weighted by Crippen LogP contribution is 2.23. The van der Waals surface area contributed by atoms with E-state index in [0.29, 0.717) is 24.0 Å². The van der Waals surface area contributed by atoms with E-state index < -0.39 is 0 Å². The van der Waals surface area contributed by atoms with E-state index in [-0.39, 0.29) is 5.91 Å². The number of nitrogens with zero attached hydrogens (tertiary/aromatic N) is 2. The molecule has 0 spiro atoms. The average Bonchev–Trinajstić information content (AvgIpc) is 3.13. The fraction of sp³-hybridized carbons (Fsp3) is 0.444. The van der Waals surface area contributed by atoms with Gasteiger partial charge >= 0.3 is 0 Å². The maximum Gasteiger partial charge on any atom is 0.254 e. The van der Waals surface area contributed by atoms with Crippen molar-refractivity contribution in [1.82, 2.24) is 9.88 Å². The van der Waals surface area contributed by atoms with E-state index in [1.165, 1.54) is 6.42 Å². The van der Waals surface area contributed by atoms with Gasteiger partial charge in [0, 0.05) is 23.5 Å². The van der Waals surface area contributed by atoms with Crippen LogP contribution >= 0.6 is 11.3 Å². The molecule has 1 aliphatic rings. The van der Waals surface area contributed by atoms with Gasteiger partial charge in [-0.2, -0.15) is 0 Å². The molecule has 23 heavy (non-hydrogen) atoms. The van der Waals surface area contributed by atoms with Gasteiger partial charge in [-0.3, -0.25) is 4.79 Å². The molecule has 2 aromatic rings. The van der Waals surface area contributed by atoms with E-state index in [4.69, 9.17) is 4.74 Å². The van der Waals surface area contributed by atoms with E-state index in [1.54, 1.807) is 16.8 Å². The molecule has 1 amide bonds. The Hall–Kier alpha value is -1.88. The first-order valence-electron chi connectivity index (χ1n) is 8.19. The molecule has 1 aliphatic heterocycles. The van der Waals surface area contributed by atoms with Crippen LogP contribution in [0, 0.1) is 0 Å². The third-order valence-electron chi connectivity index (χ3n) is 4.31. The molecule has 5 heteroatoms. The Balaban J connectivity index is 1.69. The van der Waals surface area contributed by atoms with Crippen molar-refractivity contribution < 1.29 is 9.53 Å². The first-order valence-corrected chi connectivity index (χ1v) is 9.13. The SMILES string of the molecule is CCC1CCCCN1C(=O)c1cccc(OCc2cscn2)c1. The number of hydrogen-bond donors (Lipinski definition) is 0. The van der Waals surface area contributed by atoms with Crippen LogP contribution in [0.3, 0.4) is 0 Å². The molecule has 1 fully saturated rings. The zero-order valence-electron chi connectivity index (χ0n) is 13.4. The lowest BCUT2D eigenvalue weighted by molar-refractivity contribution is 0.0607. The summed E-state index contributed by atoms with van der Waals surface area (Å²) in [5.74, 6) is 0.838. The van der Waals surface area contributed by atoms with E-state index in [1.807, 2.05) is 34.5 Å². The number of carbonyl (C=O) groups excluding carboxylic acids is 1. The number of piperidine rings is 1. The Morgan fingerprint density at radius 3 is 3.13 bits per heavy atom. The van der Waals surface area contributed by atoms with Gasteiger partial charge in [0.25, 0.3) is 5.91 Å². The molecule has 4 nitrogen and oxygen atoms in total. The van der Waals surface area contributed by atoms with Gasteiger partial charge in [-0.25, -0.2) is 4.98 Å². The number of carbonyl (C=O) groups is 1. The second kappa shape index (κ2) is 7.59. The third kappa shape index (κ3) is 3.91. The number of likely N-dealkylation sites (tertiary alicyclic amines) is 1. The van der Waals surface area contributed by atoms with Crippen LogP contribution in [-0.2, 0) is 6.61 Å². The summed E-state index contributed by atoms with van der Waals surface area (Å²) in [7, 11) is 0. The standard InChI is InChI=1S/C18H22N2O2S/c1-2-16-7-3-4-9-20(16)18(21)14-6-5-8-17(10-14)22-11-15-12-23-13-19-15/h5-6,8,10,12-13,16H,2-4,7,9,11H2,1H3. The molecule has 0 aliphatic carbocycles. The van der Waals surface area contributed by atoms with Crippen molar-refractivity contribution in [1.29, 1.82) is 0 Å². The molecular formula is C18H22N2O2S. The minimum atomic E-state index is 0.121. The van der Waals surface area contributed by atoms with Crippen molar-refractivity contribution in [2.75, 3.05) is 6.54 Å². The Morgan fingerprint density at radius 2 is 2.35 bits per heavy atom. The van der Waals surface area contributed by atoms with Gasteiger partial charge in [-0.15, -0.1) is 11.3 Å². The number of amides is 1. The van der Waals surface area contributed by atoms with E-state index in [9.17, 15) is 4.79 Å². The molecule has 122 valence electrons. The topological polar surface area (TPSA) is 42.4 Å². The van der Waals surface area contributed by atoms with Crippen molar-refractivity contribution in [3.63, 3.8) is 0 Å². The van der Waals surface area contributed by atoms with Crippen LogP contribution in [0.15, 0.2) is 35.2 Å². The Kier molecular flexibility index (Phi) is 5.28. The Morgan fingerprint density at radius 1 is 1.43 bits per heavy atom. The summed E-state index contributed by atoms with van der Waals surface area (Å²) in [4.78, 5) is 19.0. The van der Waals surface area contributed by atoms with Gasteiger partial charge in [0.15, 0.2) is 0 Å². The zero-order valence-corrected chi connectivity index (χ0v) is 14.2. The molecule has 1 saturated heterocycles. The van der Waals surface area contributed by atoms with Gasteiger partial charge in [0.05, 0.1) is 11.2 Å². The third-order valence-corrected chi connectivity index (χ3v) is 4.95. The highest BCUT2D eigenvalue weighted by molar-refractivity contribution is 7.07. The predicted octanol–water partition coefficient (Wildman–Crippen LogP) is 4.13. The van der Waals surface area contributed by atoms with Gasteiger partial charge < -0.3 is 9.64 Å². The predicted molar refractivity (Wildman–Crippen MR) is 91.9 cm³/mol. The lowest BCUT2D eigenvalue weighted by Crippen LogP contribution is -2.43. The van der Waals surface area contributed by atoms with Crippen LogP contribution in [0.2, 0.25) is 0 Å². The van der Waals surface area contributed by atoms with Crippen molar-refractivity contribution in [3.8, 4) is 5.75 Å². The van der Waals surface area contributed by atoms with Crippen LogP contribution in [0.25, 0.3) is 0 Å². The molecule has 1 atom stereocenters. The summed E-state index contributed by atoms with van der Waals surface area (Å²) in [6, 6.07) is 7.86. The van der Waals surface area contributed by atoms with E-state index >= 15 is 0 Å². The minimum absolute atomic E-state index is 0.121. The molecule has 0 N–H and O–H groups in total. The second-order valence-corrected chi connectivity index (χ2v) is 6.57. The normalized spacial score (nSPS) is 18.0. The summed E-state index contributed by atoms with van der Waals surface area (Å²) in [6.45, 7) is 3.45. The Bertz CT molecular complexity index is 642. The highest BCUT2D eigenvalue weighted by Gasteiger charge is 2.26. The number of rotatable bonds is 5. The van der Waals surface area contributed by atoms with E-state index in [0.717, 1.165) is 31.5 Å². The maximum absolute atomic E-state index is 12.8. The molecule has 1 unspecified atom stereocenters. The summed E-state index contributed by atoms with van der Waals surface area (Å²) in [5.41, 5.74) is 3.41. The molecule has 0 bridgehead atoms. The number of ether oxygens (including phenoxy) is 1. The van der Waals surface area contributed by atoms with Crippen LogP contribution in [-0.4, -0.2) is 28.4 Å². The number of thiazole rings is 1. The van der Waals surface area contributed by atoms with Crippen LogP contribution in [0.5, 0.6) is 5.75 Å². The van der Waals surface area contributed by atoms with Gasteiger partial charge in [-0.1, -0.05) is 13.0 Å². The second-order valence-electron chi connectivity index (χ2n) is 5.85. The quantitative estimate of drug-likeness (QED) is 0.828. The van der Waals surface area contributed by atoms with Crippen molar-refractivity contribution in [2.24, 2.45) is 0 Å². The van der Waals surface area contributed by atoms with Crippen LogP contribution in [0.4, 0.5) is 0 Å². The number of benzene rings is 1. The first kappa shape index (κ1) is 16.0. The lowest BCUT2D eigenvalue weighted by Gasteiger charge is -2.35. The maximum atomic E-state index is 12.8. The highest BCUT2D eigenvalue weighted by atomic mass is 32.1. The molecular weight excluding hydrogens is 308 g/mol. The van der Waals surface area contributed by atoms with Crippen LogP contribution < -0.4 is 4.74 Å². The van der Waals surface area contributed by atoms with E-state index in [2.05, 4.69) is 11.9 Å². The van der Waals surface area contributed by atoms with Crippen molar-refractivity contribution >= 4 is 17.2 Å². The smallest absolute Gasteiger partial charge is 0.254 e. The number of hydrogen-bond acceptors (Lipinski definition) is 4. The molecule has 0 saturated carbocycles. The fourth-order valence-electron chi connectivity index (χ4n) is 3.04. The molecule has 1 aromatic carbocycles. The summed E-state index contributed by atoms with van der Waals surface area (Å²) in [6.07, 6.45) is 4.45. The first-order chi connectivity index (χ1) is 11.3. The average molecular weight is 330 g/mol. The lowest BCUT2D eigenvalue weighted by atomic mass is 9.99. The fourth-order valence-corrected chi connectivity index (χ4v) is 3.59. The largest absolute Gasteiger partial charge is 0.487 e. The molecule has 3 rings (SSSR count). The van der Waals surface area contributed by atoms with Gasteiger partial charge in [0.2, 0.25) is 0 Å². The summed E-state index contributed by atoms with van der Waals surface area (Å²) in [5, 5.41) is 1.97. The van der Waals surface area contributed by atoms with Gasteiger partial charge in [-0.05, 0) is 43.9 Å². The molecule has 1 aromatic heterocycles. The van der Waals surface area contributed by atoms with Gasteiger partial charge in [0.1, 0.15) is 12.4 Å². The monoisotopic (exact) mass is 330 g/mol. The molecule has 0 radical (unpaired) electrons. The van der Waals surface area contributed by atoms with Crippen LogP contribution in [0.1, 0.15) is 48.7 Å². The van der Waals surface area contributed by atoms with Crippen molar-refractivity contribution in [2.45, 2.75) is 45.3 Å². The number of aromatic nitrogens is 1. The zero-order chi connectivity index (χ0) is 16.1. The summed E-state index contributed by atoms with van der Waals surface area (Å²) >= 11 is 1.55.